The molecule has 0 unspecified atom stereocenters. The van der Waals surface area contributed by atoms with E-state index in [1.54, 1.807) is 0 Å². The molecule has 0 atom stereocenters. The largest absolute Gasteiger partial charge is 0.476 e. The third-order valence-electron chi connectivity index (χ3n) is 1.83. The highest BCUT2D eigenvalue weighted by Crippen LogP contribution is 2.06. The Morgan fingerprint density at radius 1 is 1.62 bits per heavy atom. The van der Waals surface area contributed by atoms with Crippen molar-refractivity contribution in [3.63, 3.8) is 0 Å². The Labute approximate surface area is 89.7 Å². The van der Waals surface area contributed by atoms with Gasteiger partial charge in [0.2, 0.25) is 0 Å². The van der Waals surface area contributed by atoms with Gasteiger partial charge < -0.3 is 14.8 Å². The van der Waals surface area contributed by atoms with Crippen molar-refractivity contribution in [3.05, 3.63) is 24.1 Å². The monoisotopic (exact) mass is 223 g/mol. The van der Waals surface area contributed by atoms with Crippen LogP contribution in [0.5, 0.6) is 0 Å². The van der Waals surface area contributed by atoms with Gasteiger partial charge in [-0.05, 0) is 0 Å². The predicted molar refractivity (Wildman–Crippen MR) is 52.0 cm³/mol. The summed E-state index contributed by atoms with van der Waals surface area (Å²) < 4.78 is 4.90. The Kier molecular flexibility index (Phi) is 2.81. The summed E-state index contributed by atoms with van der Waals surface area (Å²) in [5.41, 5.74) is -0.123. The van der Waals surface area contributed by atoms with Crippen molar-refractivity contribution in [3.8, 4) is 0 Å². The van der Waals surface area contributed by atoms with Gasteiger partial charge in [-0.15, -0.1) is 0 Å². The fourth-order valence-corrected chi connectivity index (χ4v) is 1.09. The molecule has 2 aromatic rings. The molecule has 2 rings (SSSR count). The molecule has 0 saturated carbocycles. The molecule has 0 spiro atoms. The molecule has 8 heteroatoms. The molecular formula is C8H9N5O3. The van der Waals surface area contributed by atoms with Gasteiger partial charge in [0.25, 0.3) is 6.01 Å². The number of aromatic carboxylic acids is 1. The molecule has 0 radical (unpaired) electrons. The van der Waals surface area contributed by atoms with E-state index in [1.165, 1.54) is 6.33 Å². The Morgan fingerprint density at radius 3 is 3.12 bits per heavy atom. The van der Waals surface area contributed by atoms with E-state index in [2.05, 4.69) is 25.5 Å². The molecule has 16 heavy (non-hydrogen) atoms. The number of H-pyrrole nitrogens is 1. The van der Waals surface area contributed by atoms with Crippen LogP contribution < -0.4 is 5.32 Å². The third kappa shape index (κ3) is 2.35. The maximum atomic E-state index is 10.5. The van der Waals surface area contributed by atoms with Crippen LogP contribution in [0.15, 0.2) is 17.0 Å². The first-order valence-corrected chi connectivity index (χ1v) is 4.52. The van der Waals surface area contributed by atoms with Crippen LogP contribution in [0.25, 0.3) is 0 Å². The fraction of sp³-hybridized carbons (Fsp3) is 0.250. The van der Waals surface area contributed by atoms with E-state index < -0.39 is 5.97 Å². The minimum Gasteiger partial charge on any atom is -0.476 e. The molecular weight excluding hydrogens is 214 g/mol. The van der Waals surface area contributed by atoms with Gasteiger partial charge in [-0.2, -0.15) is 10.1 Å². The number of oxazole rings is 1. The van der Waals surface area contributed by atoms with Crippen LogP contribution in [-0.2, 0) is 6.42 Å². The van der Waals surface area contributed by atoms with Crippen molar-refractivity contribution in [2.45, 2.75) is 6.42 Å². The summed E-state index contributed by atoms with van der Waals surface area (Å²) in [5, 5.41) is 17.8. The highest BCUT2D eigenvalue weighted by molar-refractivity contribution is 5.85. The maximum Gasteiger partial charge on any atom is 0.357 e. The van der Waals surface area contributed by atoms with Gasteiger partial charge in [0.05, 0.1) is 0 Å². The zero-order chi connectivity index (χ0) is 11.4. The van der Waals surface area contributed by atoms with Gasteiger partial charge in [0, 0.05) is 13.0 Å². The summed E-state index contributed by atoms with van der Waals surface area (Å²) in [5.74, 6) is -0.385. The average molecular weight is 223 g/mol. The first kappa shape index (κ1) is 10.1. The van der Waals surface area contributed by atoms with E-state index in [0.29, 0.717) is 13.0 Å². The molecule has 8 nitrogen and oxygen atoms in total. The van der Waals surface area contributed by atoms with Gasteiger partial charge in [-0.3, -0.25) is 5.10 Å². The van der Waals surface area contributed by atoms with Crippen LogP contribution >= 0.6 is 0 Å². The summed E-state index contributed by atoms with van der Waals surface area (Å²) in [6.07, 6.45) is 3.12. The van der Waals surface area contributed by atoms with Gasteiger partial charge in [-0.25, -0.2) is 9.78 Å². The predicted octanol–water partition coefficient (Wildman–Crippen LogP) is 0.145. The lowest BCUT2D eigenvalue weighted by atomic mass is 10.4. The number of nitrogens with one attached hydrogen (secondary N) is 2. The van der Waals surface area contributed by atoms with E-state index in [4.69, 9.17) is 9.52 Å². The summed E-state index contributed by atoms with van der Waals surface area (Å²) in [6.45, 7) is 0.523. The zero-order valence-electron chi connectivity index (χ0n) is 8.17. The van der Waals surface area contributed by atoms with Gasteiger partial charge in [-0.1, -0.05) is 0 Å². The van der Waals surface area contributed by atoms with Crippen molar-refractivity contribution in [1.82, 2.24) is 20.2 Å². The molecule has 0 aliphatic heterocycles. The lowest BCUT2D eigenvalue weighted by Gasteiger charge is -1.97. The lowest BCUT2D eigenvalue weighted by molar-refractivity contribution is 0.0690. The van der Waals surface area contributed by atoms with Crippen molar-refractivity contribution < 1.29 is 14.3 Å². The number of rotatable bonds is 5. The number of aromatic nitrogens is 4. The molecule has 0 fully saturated rings. The van der Waals surface area contributed by atoms with Gasteiger partial charge in [0.15, 0.2) is 5.69 Å². The molecule has 0 aliphatic rings. The van der Waals surface area contributed by atoms with E-state index in [0.717, 1.165) is 12.1 Å². The Morgan fingerprint density at radius 2 is 2.50 bits per heavy atom. The number of carbonyl (C=O) groups is 1. The van der Waals surface area contributed by atoms with E-state index in [1.807, 2.05) is 0 Å². The number of hydrogen-bond acceptors (Lipinski definition) is 6. The number of nitrogens with zero attached hydrogens (tertiary/aromatic N) is 3. The summed E-state index contributed by atoms with van der Waals surface area (Å²) in [6, 6.07) is 0.178. The molecule has 0 amide bonds. The van der Waals surface area contributed by atoms with Crippen LogP contribution in [0.3, 0.4) is 0 Å². The normalized spacial score (nSPS) is 10.2. The second kappa shape index (κ2) is 4.43. The minimum absolute atomic E-state index is 0.123. The van der Waals surface area contributed by atoms with E-state index in [-0.39, 0.29) is 11.7 Å². The highest BCUT2D eigenvalue weighted by atomic mass is 16.4. The molecule has 3 N–H and O–H groups in total. The standard InChI is InChI=1S/C8H9N5O3/c14-7(15)5-3-16-8(12-5)9-2-1-6-10-4-11-13-6/h3-4H,1-2H2,(H,9,12)(H,14,15)(H,10,11,13). The maximum absolute atomic E-state index is 10.5. The smallest absolute Gasteiger partial charge is 0.357 e. The summed E-state index contributed by atoms with van der Waals surface area (Å²) in [7, 11) is 0. The SMILES string of the molecule is O=C(O)c1coc(NCCc2ncn[nH]2)n1. The molecule has 0 saturated heterocycles. The average Bonchev–Trinajstić information content (AvgIpc) is 2.87. The van der Waals surface area contributed by atoms with Crippen LogP contribution in [-0.4, -0.2) is 37.8 Å². The second-order valence-electron chi connectivity index (χ2n) is 2.95. The number of anilines is 1. The van der Waals surface area contributed by atoms with Crippen molar-refractivity contribution in [1.29, 1.82) is 0 Å². The third-order valence-corrected chi connectivity index (χ3v) is 1.83. The highest BCUT2D eigenvalue weighted by Gasteiger charge is 2.09. The molecule has 0 aliphatic carbocycles. The molecule has 2 heterocycles. The first-order chi connectivity index (χ1) is 7.75. The van der Waals surface area contributed by atoms with Crippen molar-refractivity contribution >= 4 is 12.0 Å². The van der Waals surface area contributed by atoms with Crippen LogP contribution in [0.2, 0.25) is 0 Å². The Hall–Kier alpha value is -2.38. The van der Waals surface area contributed by atoms with Crippen molar-refractivity contribution in [2.75, 3.05) is 11.9 Å². The topological polar surface area (TPSA) is 117 Å². The van der Waals surface area contributed by atoms with Crippen molar-refractivity contribution in [2.24, 2.45) is 0 Å². The van der Waals surface area contributed by atoms with Crippen LogP contribution in [0.1, 0.15) is 16.3 Å². The first-order valence-electron chi connectivity index (χ1n) is 4.52. The molecule has 2 aromatic heterocycles. The zero-order valence-corrected chi connectivity index (χ0v) is 8.17. The van der Waals surface area contributed by atoms with E-state index >= 15 is 0 Å². The van der Waals surface area contributed by atoms with Gasteiger partial charge in [0.1, 0.15) is 18.4 Å². The number of hydrogen-bond donors (Lipinski definition) is 3. The van der Waals surface area contributed by atoms with Crippen LogP contribution in [0.4, 0.5) is 6.01 Å². The van der Waals surface area contributed by atoms with Gasteiger partial charge >= 0.3 is 5.97 Å². The summed E-state index contributed by atoms with van der Waals surface area (Å²) in [4.78, 5) is 18.1. The quantitative estimate of drug-likeness (QED) is 0.660. The number of carboxylic acids is 1. The number of carboxylic acid groups (broad SMARTS) is 1. The summed E-state index contributed by atoms with van der Waals surface area (Å²) >= 11 is 0. The molecule has 0 bridgehead atoms. The van der Waals surface area contributed by atoms with E-state index in [9.17, 15) is 4.79 Å². The minimum atomic E-state index is -1.12. The second-order valence-corrected chi connectivity index (χ2v) is 2.95. The molecule has 84 valence electrons. The Bertz CT molecular complexity index is 464. The molecule has 0 aromatic carbocycles. The van der Waals surface area contributed by atoms with Crippen LogP contribution in [0, 0.1) is 0 Å². The number of aromatic amines is 1. The Balaban J connectivity index is 1.83. The lowest BCUT2D eigenvalue weighted by Crippen LogP contribution is -2.06. The fourth-order valence-electron chi connectivity index (χ4n) is 1.09.